The maximum Gasteiger partial charge on any atom is 1.00 e. The minimum absolute atomic E-state index is 0. The molecule has 0 aromatic rings. The van der Waals surface area contributed by atoms with Gasteiger partial charge in [0.1, 0.15) is 0 Å². The van der Waals surface area contributed by atoms with E-state index in [4.69, 9.17) is 11.8 Å². The molecule has 0 atom stereocenters. The molecule has 0 aliphatic heterocycles. The molecule has 0 amide bonds. The fourth-order valence-electron chi connectivity index (χ4n) is 0. The number of hydrogen-bond donors (Lipinski definition) is 0. The van der Waals surface area contributed by atoms with Gasteiger partial charge in [-0.3, -0.25) is 0 Å². The molecule has 4 heavy (non-hydrogen) atoms. The van der Waals surface area contributed by atoms with Gasteiger partial charge >= 0.3 is 51.4 Å². The predicted molar refractivity (Wildman–Crippen MR) is 10.7 cm³/mol. The van der Waals surface area contributed by atoms with E-state index in [1.54, 1.807) is 0 Å². The SMILES string of the molecule is [B-].[C-]#N.[K+]. The van der Waals surface area contributed by atoms with E-state index in [9.17, 15) is 0 Å². The molecule has 0 aliphatic carbocycles. The molecule has 4 radical (unpaired) electrons. The first kappa shape index (κ1) is 19.0. The van der Waals surface area contributed by atoms with E-state index in [-0.39, 0.29) is 59.8 Å². The minimum Gasteiger partial charge on any atom is -1.00 e. The monoisotopic (exact) mass is 76.0 g/mol. The summed E-state index contributed by atoms with van der Waals surface area (Å²) in [6.45, 7) is 4.75. The molecule has 0 heterocycles. The van der Waals surface area contributed by atoms with Gasteiger partial charge in [0.2, 0.25) is 0 Å². The van der Waals surface area contributed by atoms with Gasteiger partial charge in [0, 0.05) is 0 Å². The molecule has 0 fully saturated rings. The van der Waals surface area contributed by atoms with Crippen LogP contribution in [0.25, 0.3) is 0 Å². The van der Waals surface area contributed by atoms with Crippen LogP contribution in [-0.2, 0) is 0 Å². The number of rotatable bonds is 0. The number of hydrogen-bond acceptors (Lipinski definition) is 1. The van der Waals surface area contributed by atoms with Crippen LogP contribution in [0.2, 0.25) is 0 Å². The van der Waals surface area contributed by atoms with Gasteiger partial charge in [-0.15, -0.1) is 0 Å². The van der Waals surface area contributed by atoms with Crippen LogP contribution >= 0.6 is 0 Å². The van der Waals surface area contributed by atoms with Gasteiger partial charge in [0.15, 0.2) is 0 Å². The second kappa shape index (κ2) is 30.1. The molecule has 14 valence electrons. The van der Waals surface area contributed by atoms with Crippen molar-refractivity contribution in [3.63, 3.8) is 0 Å². The summed E-state index contributed by atoms with van der Waals surface area (Å²) in [6.07, 6.45) is 0. The van der Waals surface area contributed by atoms with Gasteiger partial charge in [-0.05, 0) is 0 Å². The van der Waals surface area contributed by atoms with Crippen molar-refractivity contribution in [1.82, 2.24) is 0 Å². The van der Waals surface area contributed by atoms with Crippen LogP contribution in [0.3, 0.4) is 0 Å². The third-order valence-electron chi connectivity index (χ3n) is 0. The van der Waals surface area contributed by atoms with E-state index in [1.807, 2.05) is 0 Å². The second-order valence-electron chi connectivity index (χ2n) is 0. The zero-order valence-corrected chi connectivity index (χ0v) is 5.65. The standard InChI is InChI=1S/CN.B.K/c1-2;;/q2*-1;+1. The third-order valence-corrected chi connectivity index (χ3v) is 0. The maximum atomic E-state index is 6.25. The summed E-state index contributed by atoms with van der Waals surface area (Å²) >= 11 is 0. The van der Waals surface area contributed by atoms with Crippen molar-refractivity contribution in [2.75, 3.05) is 0 Å². The molecule has 0 aromatic carbocycles. The second-order valence-corrected chi connectivity index (χ2v) is 0. The quantitative estimate of drug-likeness (QED) is 0.219. The van der Waals surface area contributed by atoms with Gasteiger partial charge in [-0.1, -0.05) is 0 Å². The Morgan fingerprint density at radius 3 is 1.25 bits per heavy atom. The zero-order chi connectivity index (χ0) is 2.00. The van der Waals surface area contributed by atoms with Crippen LogP contribution in [0.5, 0.6) is 0 Å². The fourth-order valence-corrected chi connectivity index (χ4v) is 0. The third kappa shape index (κ3) is 10.8. The molecule has 1 nitrogen and oxygen atoms in total. The summed E-state index contributed by atoms with van der Waals surface area (Å²) in [7, 11) is 0. The van der Waals surface area contributed by atoms with Crippen molar-refractivity contribution < 1.29 is 51.4 Å². The Morgan fingerprint density at radius 2 is 1.25 bits per heavy atom. The van der Waals surface area contributed by atoms with Gasteiger partial charge in [-0.2, -0.15) is 0 Å². The zero-order valence-electron chi connectivity index (χ0n) is 2.52. The largest absolute Gasteiger partial charge is 1.00 e. The summed E-state index contributed by atoms with van der Waals surface area (Å²) < 4.78 is 0. The molecular formula is CBKN-. The Balaban J connectivity index is -0.00000000500. The van der Waals surface area contributed by atoms with E-state index in [2.05, 4.69) is 0 Å². The van der Waals surface area contributed by atoms with E-state index in [0.717, 1.165) is 0 Å². The molecule has 0 spiro atoms. The molecule has 0 aliphatic rings. The normalized spacial score (nSPS) is 0.500. The fraction of sp³-hybridized carbons (Fsp3) is 0. The summed E-state index contributed by atoms with van der Waals surface area (Å²) in [5, 5.41) is 6.25. The van der Waals surface area contributed by atoms with E-state index < -0.39 is 0 Å². The molecule has 0 rings (SSSR count). The first-order valence-corrected chi connectivity index (χ1v) is 0.224. The van der Waals surface area contributed by atoms with Crippen molar-refractivity contribution in [1.29, 1.82) is 5.26 Å². The van der Waals surface area contributed by atoms with Gasteiger partial charge < -0.3 is 20.2 Å². The van der Waals surface area contributed by atoms with Gasteiger partial charge in [-0.25, -0.2) is 0 Å². The van der Waals surface area contributed by atoms with Gasteiger partial charge in [0.05, 0.1) is 0 Å². The smallest absolute Gasteiger partial charge is 1.00 e. The summed E-state index contributed by atoms with van der Waals surface area (Å²) in [5.74, 6) is 0. The average Bonchev–Trinajstić information content (AvgIpc) is 1.00. The Labute approximate surface area is 70.4 Å². The molecule has 0 saturated carbocycles. The van der Waals surface area contributed by atoms with Crippen LogP contribution in [0.15, 0.2) is 0 Å². The first-order valence-electron chi connectivity index (χ1n) is 0.224. The van der Waals surface area contributed by atoms with E-state index in [0.29, 0.717) is 0 Å². The van der Waals surface area contributed by atoms with Crippen LogP contribution in [0.1, 0.15) is 0 Å². The molecule has 0 aromatic heterocycles. The topological polar surface area (TPSA) is 23.8 Å². The molecule has 0 unspecified atom stereocenters. The Morgan fingerprint density at radius 1 is 1.25 bits per heavy atom. The first-order chi connectivity index (χ1) is 1.00. The van der Waals surface area contributed by atoms with E-state index in [1.165, 1.54) is 0 Å². The molecule has 3 heteroatoms. The van der Waals surface area contributed by atoms with Crippen molar-refractivity contribution >= 4 is 8.41 Å². The van der Waals surface area contributed by atoms with Gasteiger partial charge in [0.25, 0.3) is 0 Å². The van der Waals surface area contributed by atoms with Crippen LogP contribution in [0, 0.1) is 11.8 Å². The molecule has 0 N–H and O–H groups in total. The van der Waals surface area contributed by atoms with E-state index >= 15 is 0 Å². The minimum atomic E-state index is 0. The maximum absolute atomic E-state index is 6.25. The summed E-state index contributed by atoms with van der Waals surface area (Å²) in [5.41, 5.74) is 0. The average molecular weight is 75.9 g/mol. The van der Waals surface area contributed by atoms with Crippen LogP contribution < -0.4 is 51.4 Å². The molecular weight excluding hydrogens is 75.9 g/mol. The van der Waals surface area contributed by atoms with Crippen molar-refractivity contribution in [3.05, 3.63) is 6.57 Å². The van der Waals surface area contributed by atoms with Crippen molar-refractivity contribution in [3.8, 4) is 0 Å². The Hall–Kier alpha value is 1.19. The Bertz CT molecular complexity index is 12.8. The number of nitrogens with zero attached hydrogens (tertiary/aromatic N) is 1. The Kier molecular flexibility index (Phi) is 143. The van der Waals surface area contributed by atoms with Crippen LogP contribution in [0.4, 0.5) is 0 Å². The van der Waals surface area contributed by atoms with Crippen molar-refractivity contribution in [2.24, 2.45) is 0 Å². The predicted octanol–water partition coefficient (Wildman–Crippen LogP) is -3.28. The summed E-state index contributed by atoms with van der Waals surface area (Å²) in [4.78, 5) is 0. The van der Waals surface area contributed by atoms with Crippen LogP contribution in [-0.4, -0.2) is 8.41 Å². The molecule has 0 bridgehead atoms. The van der Waals surface area contributed by atoms with Crippen molar-refractivity contribution in [2.45, 2.75) is 0 Å². The summed E-state index contributed by atoms with van der Waals surface area (Å²) in [6, 6.07) is 0. The molecule has 0 saturated heterocycles.